The minimum atomic E-state index is -2.81. The Morgan fingerprint density at radius 3 is 2.13 bits per heavy atom. The highest BCUT2D eigenvalue weighted by Gasteiger charge is 2.52. The quantitative estimate of drug-likeness (QED) is 0.205. The van der Waals surface area contributed by atoms with Crippen LogP contribution in [-0.4, -0.2) is 18.4 Å². The Morgan fingerprint density at radius 2 is 1.50 bits per heavy atom. The number of fused-ring (bicyclic) bond motifs is 1. The summed E-state index contributed by atoms with van der Waals surface area (Å²) in [7, 11) is -2.81. The second-order valence-electron chi connectivity index (χ2n) is 10.4. The SMILES string of the molecule is CC(C)(C)[Si](Oc1cc(C#CCc2cccc(CO)c2)cc2scnc12)(c1ccccc1)c1ccccc1. The third-order valence-corrected chi connectivity index (χ3v) is 12.5. The van der Waals surface area contributed by atoms with Gasteiger partial charge in [0.25, 0.3) is 0 Å². The number of benzene rings is 4. The van der Waals surface area contributed by atoms with E-state index in [2.05, 4.69) is 105 Å². The zero-order valence-corrected chi connectivity index (χ0v) is 23.8. The van der Waals surface area contributed by atoms with Crippen LogP contribution in [0.4, 0.5) is 0 Å². The zero-order valence-electron chi connectivity index (χ0n) is 21.9. The van der Waals surface area contributed by atoms with Crippen molar-refractivity contribution in [1.82, 2.24) is 4.98 Å². The molecule has 190 valence electrons. The van der Waals surface area contributed by atoms with Gasteiger partial charge in [0, 0.05) is 12.0 Å². The summed E-state index contributed by atoms with van der Waals surface area (Å²) in [5.74, 6) is 7.46. The lowest BCUT2D eigenvalue weighted by atomic mass is 10.1. The summed E-state index contributed by atoms with van der Waals surface area (Å²) in [4.78, 5) is 4.70. The van der Waals surface area contributed by atoms with Crippen LogP contribution in [-0.2, 0) is 13.0 Å². The highest BCUT2D eigenvalue weighted by molar-refractivity contribution is 7.16. The van der Waals surface area contributed by atoms with E-state index < -0.39 is 8.32 Å². The fourth-order valence-corrected chi connectivity index (χ4v) is 10.1. The minimum Gasteiger partial charge on any atom is -0.532 e. The van der Waals surface area contributed by atoms with E-state index in [-0.39, 0.29) is 11.6 Å². The van der Waals surface area contributed by atoms with Crippen molar-refractivity contribution < 1.29 is 9.53 Å². The Morgan fingerprint density at radius 1 is 0.842 bits per heavy atom. The lowest BCUT2D eigenvalue weighted by molar-refractivity contribution is 0.282. The van der Waals surface area contributed by atoms with Gasteiger partial charge in [-0.2, -0.15) is 0 Å². The van der Waals surface area contributed by atoms with E-state index in [4.69, 9.17) is 9.41 Å². The average Bonchev–Trinajstić information content (AvgIpc) is 3.41. The first-order valence-corrected chi connectivity index (χ1v) is 15.5. The van der Waals surface area contributed by atoms with Crippen LogP contribution in [0.15, 0.2) is 103 Å². The van der Waals surface area contributed by atoms with Gasteiger partial charge in [0.2, 0.25) is 0 Å². The first-order valence-electron chi connectivity index (χ1n) is 12.8. The van der Waals surface area contributed by atoms with Crippen molar-refractivity contribution in [3.63, 3.8) is 0 Å². The van der Waals surface area contributed by atoms with Gasteiger partial charge in [0.05, 0.1) is 16.8 Å². The molecule has 1 heterocycles. The van der Waals surface area contributed by atoms with Crippen LogP contribution in [0.5, 0.6) is 5.75 Å². The Labute approximate surface area is 229 Å². The van der Waals surface area contributed by atoms with Crippen molar-refractivity contribution in [1.29, 1.82) is 0 Å². The van der Waals surface area contributed by atoms with Crippen molar-refractivity contribution in [2.75, 3.05) is 0 Å². The Bertz CT molecular complexity index is 1560. The number of thiazole rings is 1. The Kier molecular flexibility index (Phi) is 7.48. The number of hydrogen-bond acceptors (Lipinski definition) is 4. The first kappa shape index (κ1) is 25.9. The molecule has 0 amide bonds. The van der Waals surface area contributed by atoms with Gasteiger partial charge in [-0.3, -0.25) is 0 Å². The predicted molar refractivity (Wildman–Crippen MR) is 161 cm³/mol. The molecule has 0 spiro atoms. The van der Waals surface area contributed by atoms with E-state index in [1.54, 1.807) is 11.3 Å². The predicted octanol–water partition coefficient (Wildman–Crippen LogP) is 6.32. The summed E-state index contributed by atoms with van der Waals surface area (Å²) in [6, 6.07) is 33.4. The maximum Gasteiger partial charge on any atom is 0.320 e. The fraction of sp³-hybridized carbons (Fsp3) is 0.182. The van der Waals surface area contributed by atoms with Gasteiger partial charge in [-0.05, 0) is 38.7 Å². The molecule has 0 atom stereocenters. The molecule has 5 aromatic rings. The molecule has 0 bridgehead atoms. The van der Waals surface area contributed by atoms with Gasteiger partial charge in [-0.25, -0.2) is 4.98 Å². The van der Waals surface area contributed by atoms with Crippen LogP contribution in [0.1, 0.15) is 37.5 Å². The third-order valence-electron chi connectivity index (χ3n) is 6.78. The van der Waals surface area contributed by atoms with Crippen LogP contribution in [0.3, 0.4) is 0 Å². The molecule has 0 aliphatic carbocycles. The van der Waals surface area contributed by atoms with Crippen LogP contribution in [0.25, 0.3) is 10.2 Å². The van der Waals surface area contributed by atoms with Crippen LogP contribution < -0.4 is 14.8 Å². The number of rotatable bonds is 6. The maximum atomic E-state index is 9.44. The number of aromatic nitrogens is 1. The lowest BCUT2D eigenvalue weighted by Gasteiger charge is -2.43. The van der Waals surface area contributed by atoms with Crippen molar-refractivity contribution in [3.8, 4) is 17.6 Å². The molecule has 38 heavy (non-hydrogen) atoms. The highest BCUT2D eigenvalue weighted by atomic mass is 32.1. The number of hydrogen-bond donors (Lipinski definition) is 1. The van der Waals surface area contributed by atoms with Gasteiger partial charge >= 0.3 is 8.32 Å². The van der Waals surface area contributed by atoms with Crippen LogP contribution in [0, 0.1) is 11.8 Å². The third kappa shape index (κ3) is 5.16. The lowest BCUT2D eigenvalue weighted by Crippen LogP contribution is -2.68. The van der Waals surface area contributed by atoms with Gasteiger partial charge < -0.3 is 9.53 Å². The molecule has 0 fully saturated rings. The molecule has 0 aliphatic heterocycles. The molecule has 0 unspecified atom stereocenters. The molecule has 5 heteroatoms. The van der Waals surface area contributed by atoms with Gasteiger partial charge in [0.1, 0.15) is 11.3 Å². The first-order chi connectivity index (χ1) is 18.4. The largest absolute Gasteiger partial charge is 0.532 e. The fourth-order valence-electron chi connectivity index (χ4n) is 4.99. The van der Waals surface area contributed by atoms with Crippen molar-refractivity contribution in [2.24, 2.45) is 0 Å². The molecule has 3 nitrogen and oxygen atoms in total. The van der Waals surface area contributed by atoms with E-state index >= 15 is 0 Å². The summed E-state index contributed by atoms with van der Waals surface area (Å²) in [5.41, 5.74) is 5.65. The molecule has 0 saturated carbocycles. The molecule has 0 radical (unpaired) electrons. The molecule has 0 saturated heterocycles. The number of aliphatic hydroxyl groups is 1. The molecule has 5 rings (SSSR count). The molecule has 1 N–H and O–H groups in total. The molecular weight excluding hydrogens is 503 g/mol. The summed E-state index contributed by atoms with van der Waals surface area (Å²) < 4.78 is 8.40. The number of nitrogens with zero attached hydrogens (tertiary/aromatic N) is 1. The normalized spacial score (nSPS) is 11.7. The minimum absolute atomic E-state index is 0.0340. The molecule has 0 aliphatic rings. The monoisotopic (exact) mass is 533 g/mol. The standard InChI is InChI=1S/C33H31NO2SSi/c1-33(2,3)38(28-16-6-4-7-17-28,29-18-8-5-9-19-29)36-30-21-26(22-31-32(30)34-24-37-31)14-10-12-25-13-11-15-27(20-25)23-35/h4-9,11,13,15-22,24,35H,12,23H2,1-3H3. The second-order valence-corrected chi connectivity index (χ2v) is 15.5. The average molecular weight is 534 g/mol. The van der Waals surface area contributed by atoms with E-state index in [0.717, 1.165) is 32.7 Å². The van der Waals surface area contributed by atoms with Crippen molar-refractivity contribution >= 4 is 40.2 Å². The van der Waals surface area contributed by atoms with E-state index in [0.29, 0.717) is 6.42 Å². The van der Waals surface area contributed by atoms with E-state index in [1.165, 1.54) is 10.4 Å². The van der Waals surface area contributed by atoms with Gasteiger partial charge in [0.15, 0.2) is 0 Å². The topological polar surface area (TPSA) is 42.4 Å². The maximum absolute atomic E-state index is 9.44. The van der Waals surface area contributed by atoms with E-state index in [1.807, 2.05) is 29.8 Å². The summed E-state index contributed by atoms with van der Waals surface area (Å²) >= 11 is 1.60. The highest BCUT2D eigenvalue weighted by Crippen LogP contribution is 2.40. The molecule has 1 aromatic heterocycles. The molecule has 4 aromatic carbocycles. The Balaban J connectivity index is 1.61. The summed E-state index contributed by atoms with van der Waals surface area (Å²) in [6.45, 7) is 6.87. The van der Waals surface area contributed by atoms with Crippen molar-refractivity contribution in [3.05, 3.63) is 119 Å². The van der Waals surface area contributed by atoms with Crippen molar-refractivity contribution in [2.45, 2.75) is 38.8 Å². The zero-order chi connectivity index (χ0) is 26.6. The van der Waals surface area contributed by atoms with Gasteiger partial charge in [-0.1, -0.05) is 118 Å². The van der Waals surface area contributed by atoms with E-state index in [9.17, 15) is 5.11 Å². The smallest absolute Gasteiger partial charge is 0.320 e. The second kappa shape index (κ2) is 11.0. The molecular formula is C33H31NO2SSi. The summed E-state index contributed by atoms with van der Waals surface area (Å²) in [6.07, 6.45) is 0.611. The van der Waals surface area contributed by atoms with Crippen LogP contribution in [0.2, 0.25) is 5.04 Å². The number of aliphatic hydroxyl groups excluding tert-OH is 1. The summed E-state index contributed by atoms with van der Waals surface area (Å²) in [5, 5.41) is 11.7. The Hall–Kier alpha value is -3.69. The van der Waals surface area contributed by atoms with Gasteiger partial charge in [-0.15, -0.1) is 11.3 Å². The van der Waals surface area contributed by atoms with Crippen LogP contribution >= 0.6 is 11.3 Å².